The Bertz CT molecular complexity index is 346. The van der Waals surface area contributed by atoms with Crippen molar-refractivity contribution in [2.24, 2.45) is 0 Å². The molecule has 1 aliphatic carbocycles. The molecule has 1 atom stereocenters. The molecule has 1 unspecified atom stereocenters. The van der Waals surface area contributed by atoms with E-state index < -0.39 is 0 Å². The van der Waals surface area contributed by atoms with E-state index in [4.69, 9.17) is 0 Å². The van der Waals surface area contributed by atoms with Gasteiger partial charge in [-0.05, 0) is 50.1 Å². The van der Waals surface area contributed by atoms with E-state index in [1.165, 1.54) is 27.5 Å². The molecule has 14 heavy (non-hydrogen) atoms. The predicted octanol–water partition coefficient (Wildman–Crippen LogP) is 3.21. The van der Waals surface area contributed by atoms with Crippen LogP contribution in [-0.2, 0) is 6.42 Å². The Hall–Kier alpha value is -0.350. The second kappa shape index (κ2) is 4.45. The number of fused-ring (bicyclic) bond motifs is 1. The van der Waals surface area contributed by atoms with Crippen LogP contribution in [-0.4, -0.2) is 6.54 Å². The molecule has 1 aromatic rings. The summed E-state index contributed by atoms with van der Waals surface area (Å²) in [6.45, 7) is 4.81. The van der Waals surface area contributed by atoms with Crippen molar-refractivity contribution in [3.63, 3.8) is 0 Å². The molecule has 0 aromatic heterocycles. The first-order valence-electron chi connectivity index (χ1n) is 4.92. The van der Waals surface area contributed by atoms with E-state index in [9.17, 15) is 0 Å². The highest BCUT2D eigenvalue weighted by Gasteiger charge is 2.20. The molecule has 0 saturated carbocycles. The maximum Gasteiger partial charge on any atom is 0.0329 e. The molecule has 74 valence electrons. The van der Waals surface area contributed by atoms with Crippen molar-refractivity contribution in [2.45, 2.75) is 18.9 Å². The fourth-order valence-corrected chi connectivity index (χ4v) is 2.22. The molecule has 1 aliphatic rings. The van der Waals surface area contributed by atoms with Crippen molar-refractivity contribution in [1.29, 1.82) is 0 Å². The van der Waals surface area contributed by atoms with Gasteiger partial charge >= 0.3 is 0 Å². The van der Waals surface area contributed by atoms with Crippen molar-refractivity contribution >= 4 is 22.6 Å². The van der Waals surface area contributed by atoms with Gasteiger partial charge in [0.1, 0.15) is 0 Å². The minimum absolute atomic E-state index is 0.540. The summed E-state index contributed by atoms with van der Waals surface area (Å²) in [6.07, 6.45) is 2.44. The van der Waals surface area contributed by atoms with E-state index in [1.807, 2.05) is 0 Å². The lowest BCUT2D eigenvalue weighted by Gasteiger charge is -2.13. The SMILES string of the molecule is C=C(I)CNC1CCc2ccccc21. The second-order valence-corrected chi connectivity index (χ2v) is 5.21. The zero-order valence-electron chi connectivity index (χ0n) is 8.09. The Morgan fingerprint density at radius 1 is 1.50 bits per heavy atom. The standard InChI is InChI=1S/C12H14IN/c1-9(13)8-14-12-7-6-10-4-2-3-5-11(10)12/h2-5,12,14H,1,6-8H2. The monoisotopic (exact) mass is 299 g/mol. The Kier molecular flexibility index (Phi) is 3.23. The van der Waals surface area contributed by atoms with Crippen molar-refractivity contribution < 1.29 is 0 Å². The van der Waals surface area contributed by atoms with Gasteiger partial charge in [0.2, 0.25) is 0 Å². The quantitative estimate of drug-likeness (QED) is 0.845. The van der Waals surface area contributed by atoms with Crippen molar-refractivity contribution in [1.82, 2.24) is 5.32 Å². The van der Waals surface area contributed by atoms with Gasteiger partial charge in [0, 0.05) is 12.6 Å². The van der Waals surface area contributed by atoms with Gasteiger partial charge < -0.3 is 5.32 Å². The fraction of sp³-hybridized carbons (Fsp3) is 0.333. The zero-order chi connectivity index (χ0) is 9.97. The smallest absolute Gasteiger partial charge is 0.0329 e. The van der Waals surface area contributed by atoms with E-state index in [1.54, 1.807) is 0 Å². The van der Waals surface area contributed by atoms with Gasteiger partial charge in [0.05, 0.1) is 0 Å². The number of benzene rings is 1. The van der Waals surface area contributed by atoms with E-state index in [-0.39, 0.29) is 0 Å². The van der Waals surface area contributed by atoms with Crippen LogP contribution in [0.5, 0.6) is 0 Å². The summed E-state index contributed by atoms with van der Waals surface area (Å²) in [5.41, 5.74) is 2.98. The third kappa shape index (κ3) is 2.17. The number of aryl methyl sites for hydroxylation is 1. The number of halogens is 1. The van der Waals surface area contributed by atoms with Crippen LogP contribution in [0.4, 0.5) is 0 Å². The van der Waals surface area contributed by atoms with Crippen LogP contribution in [0.25, 0.3) is 0 Å². The summed E-state index contributed by atoms with van der Waals surface area (Å²) < 4.78 is 1.17. The van der Waals surface area contributed by atoms with Crippen molar-refractivity contribution in [3.05, 3.63) is 45.6 Å². The van der Waals surface area contributed by atoms with Crippen LogP contribution >= 0.6 is 22.6 Å². The van der Waals surface area contributed by atoms with E-state index in [2.05, 4.69) is 58.8 Å². The van der Waals surface area contributed by atoms with Crippen LogP contribution in [0, 0.1) is 0 Å². The molecule has 1 aromatic carbocycles. The molecule has 0 fully saturated rings. The van der Waals surface area contributed by atoms with Crippen molar-refractivity contribution in [2.75, 3.05) is 6.54 Å². The Morgan fingerprint density at radius 2 is 2.29 bits per heavy atom. The molecule has 1 N–H and O–H groups in total. The van der Waals surface area contributed by atoms with Gasteiger partial charge in [0.25, 0.3) is 0 Å². The molecule has 0 spiro atoms. The Balaban J connectivity index is 2.07. The molecule has 0 saturated heterocycles. The Labute approximate surface area is 98.7 Å². The highest BCUT2D eigenvalue weighted by atomic mass is 127. The van der Waals surface area contributed by atoms with Gasteiger partial charge in [-0.15, -0.1) is 0 Å². The second-order valence-electron chi connectivity index (χ2n) is 3.69. The number of hydrogen-bond donors (Lipinski definition) is 1. The molecular formula is C12H14IN. The number of nitrogens with one attached hydrogen (secondary N) is 1. The van der Waals surface area contributed by atoms with E-state index >= 15 is 0 Å². The maximum absolute atomic E-state index is 3.90. The first-order chi connectivity index (χ1) is 6.77. The molecule has 0 radical (unpaired) electrons. The average molecular weight is 299 g/mol. The molecule has 0 aliphatic heterocycles. The summed E-state index contributed by atoms with van der Waals surface area (Å²) in [6, 6.07) is 9.25. The van der Waals surface area contributed by atoms with Gasteiger partial charge in [0.15, 0.2) is 0 Å². The third-order valence-corrected chi connectivity index (χ3v) is 3.05. The Morgan fingerprint density at radius 3 is 3.07 bits per heavy atom. The van der Waals surface area contributed by atoms with Crippen LogP contribution < -0.4 is 5.32 Å². The average Bonchev–Trinajstić information content (AvgIpc) is 2.58. The normalized spacial score (nSPS) is 19.4. The fourth-order valence-electron chi connectivity index (χ4n) is 2.00. The highest BCUT2D eigenvalue weighted by molar-refractivity contribution is 14.1. The summed E-state index contributed by atoms with van der Waals surface area (Å²) in [5, 5.41) is 3.53. The first-order valence-corrected chi connectivity index (χ1v) is 5.99. The molecule has 2 heteroatoms. The lowest BCUT2D eigenvalue weighted by molar-refractivity contribution is 0.563. The summed E-state index contributed by atoms with van der Waals surface area (Å²) >= 11 is 2.27. The van der Waals surface area contributed by atoms with Gasteiger partial charge in [-0.2, -0.15) is 0 Å². The number of hydrogen-bond acceptors (Lipinski definition) is 1. The summed E-state index contributed by atoms with van der Waals surface area (Å²) in [7, 11) is 0. The van der Waals surface area contributed by atoms with Crippen LogP contribution in [0.15, 0.2) is 34.4 Å². The molecule has 0 heterocycles. The van der Waals surface area contributed by atoms with Gasteiger partial charge in [-0.25, -0.2) is 0 Å². The maximum atomic E-state index is 3.90. The van der Waals surface area contributed by atoms with E-state index in [0.717, 1.165) is 6.54 Å². The summed E-state index contributed by atoms with van der Waals surface area (Å²) in [5.74, 6) is 0. The minimum atomic E-state index is 0.540. The van der Waals surface area contributed by atoms with Crippen LogP contribution in [0.3, 0.4) is 0 Å². The van der Waals surface area contributed by atoms with E-state index in [0.29, 0.717) is 6.04 Å². The predicted molar refractivity (Wildman–Crippen MR) is 68.7 cm³/mol. The van der Waals surface area contributed by atoms with Gasteiger partial charge in [-0.1, -0.05) is 30.8 Å². The van der Waals surface area contributed by atoms with Gasteiger partial charge in [-0.3, -0.25) is 0 Å². The largest absolute Gasteiger partial charge is 0.305 e. The van der Waals surface area contributed by atoms with Crippen molar-refractivity contribution in [3.8, 4) is 0 Å². The summed E-state index contributed by atoms with van der Waals surface area (Å²) in [4.78, 5) is 0. The topological polar surface area (TPSA) is 12.0 Å². The molecule has 0 bridgehead atoms. The lowest BCUT2D eigenvalue weighted by atomic mass is 10.1. The van der Waals surface area contributed by atoms with Crippen LogP contribution in [0.1, 0.15) is 23.6 Å². The molecule has 2 rings (SSSR count). The molecule has 0 amide bonds. The first kappa shape index (κ1) is 10.2. The minimum Gasteiger partial charge on any atom is -0.305 e. The third-order valence-electron chi connectivity index (χ3n) is 2.67. The number of rotatable bonds is 3. The highest BCUT2D eigenvalue weighted by Crippen LogP contribution is 2.30. The molecular weight excluding hydrogens is 285 g/mol. The van der Waals surface area contributed by atoms with Crippen LogP contribution in [0.2, 0.25) is 0 Å². The lowest BCUT2D eigenvalue weighted by Crippen LogP contribution is -2.20. The molecule has 1 nitrogen and oxygen atoms in total. The zero-order valence-corrected chi connectivity index (χ0v) is 10.3.